The molecule has 6 heteroatoms. The number of carboxylic acid groups (broad SMARTS) is 1. The lowest BCUT2D eigenvalue weighted by Crippen LogP contribution is -2.15. The summed E-state index contributed by atoms with van der Waals surface area (Å²) in [5.74, 6) is -1.16. The topological polar surface area (TPSA) is 75.6 Å². The van der Waals surface area contributed by atoms with E-state index in [1.54, 1.807) is 12.1 Å². The Morgan fingerprint density at radius 3 is 2.90 bits per heavy atom. The molecule has 1 aliphatic heterocycles. The average molecular weight is 342 g/mol. The molecule has 108 valence electrons. The summed E-state index contributed by atoms with van der Waals surface area (Å²) in [4.78, 5) is 22.8. The van der Waals surface area contributed by atoms with E-state index in [4.69, 9.17) is 9.84 Å². The van der Waals surface area contributed by atoms with Crippen LogP contribution in [0.5, 0.6) is 0 Å². The van der Waals surface area contributed by atoms with Crippen molar-refractivity contribution in [2.75, 3.05) is 11.9 Å². The quantitative estimate of drug-likeness (QED) is 0.862. The van der Waals surface area contributed by atoms with Gasteiger partial charge in [-0.1, -0.05) is 0 Å². The van der Waals surface area contributed by atoms with Gasteiger partial charge >= 0.3 is 5.97 Å². The second-order valence-electron chi connectivity index (χ2n) is 4.72. The molecular weight excluding hydrogens is 326 g/mol. The summed E-state index contributed by atoms with van der Waals surface area (Å²) in [7, 11) is 0. The minimum atomic E-state index is -1.03. The molecule has 0 aromatic heterocycles. The number of amides is 1. The maximum absolute atomic E-state index is 11.8. The minimum Gasteiger partial charge on any atom is -0.478 e. The zero-order chi connectivity index (χ0) is 14.5. The van der Waals surface area contributed by atoms with Gasteiger partial charge < -0.3 is 15.2 Å². The number of aromatic carboxylic acids is 1. The van der Waals surface area contributed by atoms with Gasteiger partial charge in [-0.2, -0.15) is 0 Å². The number of hydrogen-bond acceptors (Lipinski definition) is 3. The highest BCUT2D eigenvalue weighted by Crippen LogP contribution is 2.22. The third kappa shape index (κ3) is 4.05. The normalized spacial score (nSPS) is 17.9. The van der Waals surface area contributed by atoms with Crippen molar-refractivity contribution in [3.8, 4) is 0 Å². The van der Waals surface area contributed by atoms with Crippen LogP contribution in [0.25, 0.3) is 0 Å². The van der Waals surface area contributed by atoms with E-state index in [9.17, 15) is 9.59 Å². The predicted molar refractivity (Wildman–Crippen MR) is 77.9 cm³/mol. The standard InChI is InChI=1S/C14H16BrNO4/c15-12-5-3-9(8-11(12)14(18)19)16-13(17)6-4-10-2-1-7-20-10/h3,5,8,10H,1-2,4,6-7H2,(H,16,17)(H,18,19). The van der Waals surface area contributed by atoms with E-state index in [0.29, 0.717) is 23.0 Å². The number of halogens is 1. The van der Waals surface area contributed by atoms with Crippen LogP contribution in [-0.2, 0) is 9.53 Å². The first-order valence-electron chi connectivity index (χ1n) is 6.50. The van der Waals surface area contributed by atoms with Gasteiger partial charge in [-0.25, -0.2) is 4.79 Å². The van der Waals surface area contributed by atoms with Crippen molar-refractivity contribution in [3.05, 3.63) is 28.2 Å². The molecule has 1 unspecified atom stereocenters. The van der Waals surface area contributed by atoms with Gasteiger partial charge in [0.25, 0.3) is 0 Å². The van der Waals surface area contributed by atoms with Crippen molar-refractivity contribution in [2.45, 2.75) is 31.8 Å². The van der Waals surface area contributed by atoms with Gasteiger partial charge in [0.2, 0.25) is 5.91 Å². The smallest absolute Gasteiger partial charge is 0.336 e. The molecular formula is C14H16BrNO4. The highest BCUT2D eigenvalue weighted by molar-refractivity contribution is 9.10. The Balaban J connectivity index is 1.90. The molecule has 0 radical (unpaired) electrons. The van der Waals surface area contributed by atoms with Crippen LogP contribution >= 0.6 is 15.9 Å². The lowest BCUT2D eigenvalue weighted by Gasteiger charge is -2.10. The van der Waals surface area contributed by atoms with Gasteiger partial charge in [0.05, 0.1) is 11.7 Å². The minimum absolute atomic E-state index is 0.126. The van der Waals surface area contributed by atoms with E-state index in [0.717, 1.165) is 19.4 Å². The maximum Gasteiger partial charge on any atom is 0.336 e. The lowest BCUT2D eigenvalue weighted by molar-refractivity contribution is -0.116. The van der Waals surface area contributed by atoms with Gasteiger partial charge in [-0.15, -0.1) is 0 Å². The van der Waals surface area contributed by atoms with Crippen molar-refractivity contribution >= 4 is 33.5 Å². The molecule has 1 atom stereocenters. The number of hydrogen-bond donors (Lipinski definition) is 2. The number of carbonyl (C=O) groups is 2. The summed E-state index contributed by atoms with van der Waals surface area (Å²) < 4.78 is 5.94. The molecule has 1 saturated heterocycles. The second kappa shape index (κ2) is 6.85. The lowest BCUT2D eigenvalue weighted by atomic mass is 10.1. The van der Waals surface area contributed by atoms with Gasteiger partial charge in [0.1, 0.15) is 0 Å². The highest BCUT2D eigenvalue weighted by Gasteiger charge is 2.17. The van der Waals surface area contributed by atoms with Crippen LogP contribution in [0.4, 0.5) is 5.69 Å². The number of ether oxygens (including phenoxy) is 1. The van der Waals surface area contributed by atoms with E-state index < -0.39 is 5.97 Å². The van der Waals surface area contributed by atoms with Crippen LogP contribution in [0.2, 0.25) is 0 Å². The van der Waals surface area contributed by atoms with Crippen molar-refractivity contribution in [2.24, 2.45) is 0 Å². The molecule has 1 heterocycles. The molecule has 20 heavy (non-hydrogen) atoms. The van der Waals surface area contributed by atoms with Crippen molar-refractivity contribution in [1.82, 2.24) is 0 Å². The second-order valence-corrected chi connectivity index (χ2v) is 5.58. The fraction of sp³-hybridized carbons (Fsp3) is 0.429. The first-order chi connectivity index (χ1) is 9.56. The number of carboxylic acids is 1. The molecule has 1 aromatic rings. The van der Waals surface area contributed by atoms with Gasteiger partial charge in [0, 0.05) is 23.2 Å². The van der Waals surface area contributed by atoms with Crippen LogP contribution in [0.3, 0.4) is 0 Å². The van der Waals surface area contributed by atoms with Gasteiger partial charge in [-0.3, -0.25) is 4.79 Å². The van der Waals surface area contributed by atoms with E-state index >= 15 is 0 Å². The summed E-state index contributed by atoms with van der Waals surface area (Å²) in [5, 5.41) is 11.7. The summed E-state index contributed by atoms with van der Waals surface area (Å²) in [6, 6.07) is 4.72. The Kier molecular flexibility index (Phi) is 5.14. The maximum atomic E-state index is 11.8. The summed E-state index contributed by atoms with van der Waals surface area (Å²) in [5.41, 5.74) is 0.616. The van der Waals surface area contributed by atoms with E-state index in [2.05, 4.69) is 21.2 Å². The number of anilines is 1. The first kappa shape index (κ1) is 15.0. The fourth-order valence-corrected chi connectivity index (χ4v) is 2.57. The van der Waals surface area contributed by atoms with Crippen LogP contribution < -0.4 is 5.32 Å². The van der Waals surface area contributed by atoms with E-state index in [1.807, 2.05) is 0 Å². The van der Waals surface area contributed by atoms with Crippen molar-refractivity contribution in [1.29, 1.82) is 0 Å². The molecule has 0 bridgehead atoms. The Morgan fingerprint density at radius 1 is 1.45 bits per heavy atom. The van der Waals surface area contributed by atoms with Crippen molar-refractivity contribution < 1.29 is 19.4 Å². The third-order valence-electron chi connectivity index (χ3n) is 3.20. The van der Waals surface area contributed by atoms with Gasteiger partial charge in [-0.05, 0) is 53.4 Å². The van der Waals surface area contributed by atoms with Crippen LogP contribution in [0.15, 0.2) is 22.7 Å². The largest absolute Gasteiger partial charge is 0.478 e. The molecule has 1 fully saturated rings. The zero-order valence-electron chi connectivity index (χ0n) is 10.9. The predicted octanol–water partition coefficient (Wildman–Crippen LogP) is 3.05. The number of benzene rings is 1. The van der Waals surface area contributed by atoms with Crippen LogP contribution in [0, 0.1) is 0 Å². The molecule has 5 nitrogen and oxygen atoms in total. The zero-order valence-corrected chi connectivity index (χ0v) is 12.5. The third-order valence-corrected chi connectivity index (χ3v) is 3.89. The Hall–Kier alpha value is -1.40. The SMILES string of the molecule is O=C(CCC1CCCO1)Nc1ccc(Br)c(C(=O)O)c1. The molecule has 2 N–H and O–H groups in total. The van der Waals surface area contributed by atoms with E-state index in [1.165, 1.54) is 6.07 Å². The fourth-order valence-electron chi connectivity index (χ4n) is 2.15. The highest BCUT2D eigenvalue weighted by atomic mass is 79.9. The average Bonchev–Trinajstić information content (AvgIpc) is 2.91. The molecule has 0 saturated carbocycles. The Labute approximate surface area is 125 Å². The molecule has 1 aromatic carbocycles. The molecule has 1 amide bonds. The number of rotatable bonds is 5. The monoisotopic (exact) mass is 341 g/mol. The summed E-state index contributed by atoms with van der Waals surface area (Å²) >= 11 is 3.16. The Bertz CT molecular complexity index is 512. The molecule has 2 rings (SSSR count). The van der Waals surface area contributed by atoms with E-state index in [-0.39, 0.29) is 17.6 Å². The Morgan fingerprint density at radius 2 is 2.25 bits per heavy atom. The van der Waals surface area contributed by atoms with Crippen LogP contribution in [0.1, 0.15) is 36.0 Å². The molecule has 0 aliphatic carbocycles. The van der Waals surface area contributed by atoms with Crippen LogP contribution in [-0.4, -0.2) is 29.7 Å². The molecule has 1 aliphatic rings. The number of nitrogens with one attached hydrogen (secondary N) is 1. The van der Waals surface area contributed by atoms with Gasteiger partial charge in [0.15, 0.2) is 0 Å². The molecule has 0 spiro atoms. The summed E-state index contributed by atoms with van der Waals surface area (Å²) in [6.07, 6.45) is 3.33. The summed E-state index contributed by atoms with van der Waals surface area (Å²) in [6.45, 7) is 0.779. The van der Waals surface area contributed by atoms with Crippen molar-refractivity contribution in [3.63, 3.8) is 0 Å². The first-order valence-corrected chi connectivity index (χ1v) is 7.30. The number of carbonyl (C=O) groups excluding carboxylic acids is 1.